The molecule has 1 amide bonds. The number of hydrogen-bond donors (Lipinski definition) is 2. The number of carbonyl (C=O) groups excluding carboxylic acids is 1. The van der Waals surface area contributed by atoms with E-state index in [4.69, 9.17) is 5.73 Å². The fraction of sp³-hybridized carbons (Fsp3) is 0.917. The molecule has 0 spiro atoms. The summed E-state index contributed by atoms with van der Waals surface area (Å²) >= 11 is 0. The molecule has 0 radical (unpaired) electrons. The number of carbonyl (C=O) groups is 1. The lowest BCUT2D eigenvalue weighted by Gasteiger charge is -2.20. The van der Waals surface area contributed by atoms with Gasteiger partial charge in [-0.15, -0.1) is 0 Å². The molecule has 2 aliphatic carbocycles. The van der Waals surface area contributed by atoms with Gasteiger partial charge >= 0.3 is 0 Å². The minimum absolute atomic E-state index is 0.0915. The van der Waals surface area contributed by atoms with Crippen LogP contribution in [0.25, 0.3) is 0 Å². The first-order valence-corrected chi connectivity index (χ1v) is 6.33. The molecule has 3 heteroatoms. The molecule has 0 aromatic rings. The molecule has 0 aromatic carbocycles. The number of rotatable bonds is 3. The second-order valence-electron chi connectivity index (χ2n) is 5.06. The van der Waals surface area contributed by atoms with Crippen LogP contribution in [-0.2, 0) is 4.79 Å². The van der Waals surface area contributed by atoms with E-state index in [9.17, 15) is 4.79 Å². The van der Waals surface area contributed by atoms with Crippen molar-refractivity contribution in [2.45, 2.75) is 63.5 Å². The SMILES string of the molecule is NC(C(=O)NC1CCCC1)C1CCCC1. The second kappa shape index (κ2) is 4.97. The zero-order valence-electron chi connectivity index (χ0n) is 9.37. The van der Waals surface area contributed by atoms with E-state index in [1.54, 1.807) is 0 Å². The summed E-state index contributed by atoms with van der Waals surface area (Å²) < 4.78 is 0. The zero-order valence-corrected chi connectivity index (χ0v) is 9.37. The van der Waals surface area contributed by atoms with Gasteiger partial charge in [-0.25, -0.2) is 0 Å². The van der Waals surface area contributed by atoms with Crippen LogP contribution in [0.3, 0.4) is 0 Å². The van der Waals surface area contributed by atoms with Crippen LogP contribution in [0.5, 0.6) is 0 Å². The standard InChI is InChI=1S/C12H22N2O/c13-11(9-5-1-2-6-9)12(15)14-10-7-3-4-8-10/h9-11H,1-8,13H2,(H,14,15). The van der Waals surface area contributed by atoms with Gasteiger partial charge in [0.1, 0.15) is 0 Å². The van der Waals surface area contributed by atoms with Gasteiger partial charge in [0.2, 0.25) is 5.91 Å². The first kappa shape index (κ1) is 10.9. The molecule has 86 valence electrons. The maximum absolute atomic E-state index is 11.8. The molecule has 0 bridgehead atoms. The van der Waals surface area contributed by atoms with Crippen LogP contribution in [-0.4, -0.2) is 18.0 Å². The van der Waals surface area contributed by atoms with E-state index in [0.29, 0.717) is 12.0 Å². The van der Waals surface area contributed by atoms with E-state index < -0.39 is 0 Å². The Morgan fingerprint density at radius 3 is 2.20 bits per heavy atom. The quantitative estimate of drug-likeness (QED) is 0.742. The largest absolute Gasteiger partial charge is 0.352 e. The Morgan fingerprint density at radius 1 is 1.07 bits per heavy atom. The molecule has 3 N–H and O–H groups in total. The Labute approximate surface area is 91.8 Å². The number of nitrogens with one attached hydrogen (secondary N) is 1. The maximum atomic E-state index is 11.8. The average Bonchev–Trinajstić information content (AvgIpc) is 2.88. The summed E-state index contributed by atoms with van der Waals surface area (Å²) in [6.45, 7) is 0. The highest BCUT2D eigenvalue weighted by Crippen LogP contribution is 2.27. The van der Waals surface area contributed by atoms with Gasteiger partial charge in [0, 0.05) is 6.04 Å². The molecule has 0 aromatic heterocycles. The van der Waals surface area contributed by atoms with Gasteiger partial charge in [-0.2, -0.15) is 0 Å². The van der Waals surface area contributed by atoms with E-state index in [1.165, 1.54) is 25.7 Å². The molecule has 0 aliphatic heterocycles. The van der Waals surface area contributed by atoms with E-state index in [2.05, 4.69) is 5.32 Å². The van der Waals surface area contributed by atoms with E-state index >= 15 is 0 Å². The predicted octanol–water partition coefficient (Wildman–Crippen LogP) is 1.56. The Balaban J connectivity index is 1.78. The van der Waals surface area contributed by atoms with Gasteiger partial charge in [-0.1, -0.05) is 25.7 Å². The van der Waals surface area contributed by atoms with Gasteiger partial charge in [0.05, 0.1) is 6.04 Å². The van der Waals surface area contributed by atoms with Crippen molar-refractivity contribution in [1.82, 2.24) is 5.32 Å². The highest BCUT2D eigenvalue weighted by atomic mass is 16.2. The van der Waals surface area contributed by atoms with Crippen molar-refractivity contribution in [1.29, 1.82) is 0 Å². The first-order valence-electron chi connectivity index (χ1n) is 6.33. The third kappa shape index (κ3) is 2.71. The average molecular weight is 210 g/mol. The van der Waals surface area contributed by atoms with Crippen LogP contribution in [0.1, 0.15) is 51.4 Å². The van der Waals surface area contributed by atoms with E-state index in [1.807, 2.05) is 0 Å². The molecule has 2 aliphatic rings. The fourth-order valence-electron chi connectivity index (χ4n) is 2.90. The van der Waals surface area contributed by atoms with Crippen LogP contribution >= 0.6 is 0 Å². The Bertz CT molecular complexity index is 218. The zero-order chi connectivity index (χ0) is 10.7. The highest BCUT2D eigenvalue weighted by molar-refractivity contribution is 5.82. The molecule has 2 rings (SSSR count). The highest BCUT2D eigenvalue weighted by Gasteiger charge is 2.29. The van der Waals surface area contributed by atoms with Crippen molar-refractivity contribution in [2.75, 3.05) is 0 Å². The summed E-state index contributed by atoms with van der Waals surface area (Å²) in [6.07, 6.45) is 9.56. The topological polar surface area (TPSA) is 55.1 Å². The monoisotopic (exact) mass is 210 g/mol. The van der Waals surface area contributed by atoms with Gasteiger partial charge in [0.15, 0.2) is 0 Å². The minimum Gasteiger partial charge on any atom is -0.352 e. The lowest BCUT2D eigenvalue weighted by atomic mass is 9.98. The maximum Gasteiger partial charge on any atom is 0.237 e. The van der Waals surface area contributed by atoms with Crippen molar-refractivity contribution in [3.63, 3.8) is 0 Å². The molecule has 1 atom stereocenters. The Hall–Kier alpha value is -0.570. The minimum atomic E-state index is -0.256. The van der Waals surface area contributed by atoms with Crippen LogP contribution in [0.15, 0.2) is 0 Å². The number of nitrogens with two attached hydrogens (primary N) is 1. The fourth-order valence-corrected chi connectivity index (χ4v) is 2.90. The van der Waals surface area contributed by atoms with Crippen molar-refractivity contribution in [3.05, 3.63) is 0 Å². The van der Waals surface area contributed by atoms with Gasteiger partial charge in [0.25, 0.3) is 0 Å². The van der Waals surface area contributed by atoms with Crippen LogP contribution in [0.2, 0.25) is 0 Å². The molecule has 1 unspecified atom stereocenters. The molecule has 3 nitrogen and oxygen atoms in total. The summed E-state index contributed by atoms with van der Waals surface area (Å²) in [4.78, 5) is 11.8. The normalized spacial score (nSPS) is 25.7. The molecular weight excluding hydrogens is 188 g/mol. The summed E-state index contributed by atoms with van der Waals surface area (Å²) in [6, 6.07) is 0.151. The van der Waals surface area contributed by atoms with Gasteiger partial charge in [-0.05, 0) is 31.6 Å². The summed E-state index contributed by atoms with van der Waals surface area (Å²) in [5.74, 6) is 0.528. The van der Waals surface area contributed by atoms with Crippen LogP contribution in [0.4, 0.5) is 0 Å². The Kier molecular flexibility index (Phi) is 3.62. The van der Waals surface area contributed by atoms with E-state index in [-0.39, 0.29) is 11.9 Å². The van der Waals surface area contributed by atoms with E-state index in [0.717, 1.165) is 25.7 Å². The molecule has 0 heterocycles. The van der Waals surface area contributed by atoms with Crippen LogP contribution < -0.4 is 11.1 Å². The summed E-state index contributed by atoms with van der Waals surface area (Å²) in [7, 11) is 0. The van der Waals surface area contributed by atoms with Crippen molar-refractivity contribution >= 4 is 5.91 Å². The van der Waals surface area contributed by atoms with Crippen LogP contribution in [0, 0.1) is 5.92 Å². The predicted molar refractivity (Wildman–Crippen MR) is 60.3 cm³/mol. The Morgan fingerprint density at radius 2 is 1.60 bits per heavy atom. The van der Waals surface area contributed by atoms with Gasteiger partial charge in [-0.3, -0.25) is 4.79 Å². The van der Waals surface area contributed by atoms with Crippen molar-refractivity contribution in [3.8, 4) is 0 Å². The number of amides is 1. The third-order valence-corrected chi connectivity index (χ3v) is 3.91. The van der Waals surface area contributed by atoms with Crippen molar-refractivity contribution in [2.24, 2.45) is 11.7 Å². The lowest BCUT2D eigenvalue weighted by Crippen LogP contribution is -2.47. The van der Waals surface area contributed by atoms with Gasteiger partial charge < -0.3 is 11.1 Å². The summed E-state index contributed by atoms with van der Waals surface area (Å²) in [5, 5.41) is 3.09. The first-order chi connectivity index (χ1) is 7.27. The molecular formula is C12H22N2O. The third-order valence-electron chi connectivity index (χ3n) is 3.91. The molecule has 15 heavy (non-hydrogen) atoms. The second-order valence-corrected chi connectivity index (χ2v) is 5.06. The number of hydrogen-bond acceptors (Lipinski definition) is 2. The smallest absolute Gasteiger partial charge is 0.237 e. The molecule has 2 fully saturated rings. The molecule has 2 saturated carbocycles. The van der Waals surface area contributed by atoms with Crippen molar-refractivity contribution < 1.29 is 4.79 Å². The lowest BCUT2D eigenvalue weighted by molar-refractivity contribution is -0.124. The summed E-state index contributed by atoms with van der Waals surface area (Å²) in [5.41, 5.74) is 5.99. The molecule has 0 saturated heterocycles.